The Morgan fingerprint density at radius 2 is 2.25 bits per heavy atom. The van der Waals surface area contributed by atoms with Gasteiger partial charge in [-0.2, -0.15) is 0 Å². The zero-order valence-electron chi connectivity index (χ0n) is 11.6. The van der Waals surface area contributed by atoms with Crippen LogP contribution >= 0.6 is 0 Å². The number of nitrogens with one attached hydrogen (secondary N) is 1. The Morgan fingerprint density at radius 1 is 1.45 bits per heavy atom. The van der Waals surface area contributed by atoms with E-state index in [4.69, 9.17) is 9.52 Å². The van der Waals surface area contributed by atoms with Gasteiger partial charge in [0.25, 0.3) is 0 Å². The molecule has 4 heteroatoms. The van der Waals surface area contributed by atoms with Crippen molar-refractivity contribution in [1.82, 2.24) is 5.32 Å². The first-order chi connectivity index (χ1) is 9.63. The van der Waals surface area contributed by atoms with Crippen LogP contribution in [0.2, 0.25) is 0 Å². The molecule has 106 valence electrons. The third-order valence-corrected chi connectivity index (χ3v) is 4.28. The molecule has 1 aromatic heterocycles. The minimum atomic E-state index is -1.03. The Balaban J connectivity index is 1.70. The molecule has 0 saturated heterocycles. The Bertz CT molecular complexity index is 628. The van der Waals surface area contributed by atoms with E-state index in [2.05, 4.69) is 12.2 Å². The van der Waals surface area contributed by atoms with Gasteiger partial charge >= 0.3 is 5.97 Å². The zero-order valence-corrected chi connectivity index (χ0v) is 11.6. The van der Waals surface area contributed by atoms with E-state index in [1.54, 1.807) is 6.07 Å². The fraction of sp³-hybridized carbons (Fsp3) is 0.438. The number of carboxylic acids is 1. The van der Waals surface area contributed by atoms with Crippen molar-refractivity contribution in [3.05, 3.63) is 35.6 Å². The second-order valence-electron chi connectivity index (χ2n) is 5.65. The quantitative estimate of drug-likeness (QED) is 0.876. The number of rotatable bonds is 5. The molecule has 0 amide bonds. The predicted molar refractivity (Wildman–Crippen MR) is 76.8 cm³/mol. The highest BCUT2D eigenvalue weighted by atomic mass is 16.4. The summed E-state index contributed by atoms with van der Waals surface area (Å²) in [5.41, 5.74) is 1.78. The Morgan fingerprint density at radius 3 is 2.90 bits per heavy atom. The summed E-state index contributed by atoms with van der Waals surface area (Å²) < 4.78 is 5.25. The molecule has 1 aromatic carbocycles. The SMILES string of the molecule is CC(NCc1ccc2oc(C(=O)O)cc2c1)C1CCC1. The molecule has 1 atom stereocenters. The number of hydrogen-bond donors (Lipinski definition) is 2. The van der Waals surface area contributed by atoms with Gasteiger partial charge in [-0.15, -0.1) is 0 Å². The largest absolute Gasteiger partial charge is 0.475 e. The number of furan rings is 1. The van der Waals surface area contributed by atoms with Gasteiger partial charge in [0, 0.05) is 18.0 Å². The Hall–Kier alpha value is -1.81. The minimum absolute atomic E-state index is 0.00653. The average Bonchev–Trinajstić information content (AvgIpc) is 2.77. The number of hydrogen-bond acceptors (Lipinski definition) is 3. The third-order valence-electron chi connectivity index (χ3n) is 4.28. The van der Waals surface area contributed by atoms with Crippen molar-refractivity contribution < 1.29 is 14.3 Å². The average molecular weight is 273 g/mol. The zero-order chi connectivity index (χ0) is 14.1. The Kier molecular flexibility index (Phi) is 3.49. The molecule has 20 heavy (non-hydrogen) atoms. The molecule has 1 fully saturated rings. The van der Waals surface area contributed by atoms with E-state index in [9.17, 15) is 4.79 Å². The van der Waals surface area contributed by atoms with Crippen LogP contribution in [0.1, 0.15) is 42.3 Å². The van der Waals surface area contributed by atoms with Crippen LogP contribution in [0.3, 0.4) is 0 Å². The van der Waals surface area contributed by atoms with E-state index >= 15 is 0 Å². The molecule has 2 N–H and O–H groups in total. The molecule has 0 radical (unpaired) electrons. The molecule has 1 heterocycles. The van der Waals surface area contributed by atoms with Gasteiger partial charge in [0.2, 0.25) is 5.76 Å². The van der Waals surface area contributed by atoms with Gasteiger partial charge in [-0.05, 0) is 49.4 Å². The van der Waals surface area contributed by atoms with Crippen LogP contribution in [0, 0.1) is 5.92 Å². The van der Waals surface area contributed by atoms with Crippen LogP contribution in [0.4, 0.5) is 0 Å². The normalized spacial score (nSPS) is 17.1. The second kappa shape index (κ2) is 5.29. The highest BCUT2D eigenvalue weighted by molar-refractivity contribution is 5.91. The maximum atomic E-state index is 10.9. The summed E-state index contributed by atoms with van der Waals surface area (Å²) in [7, 11) is 0. The van der Waals surface area contributed by atoms with E-state index in [0.717, 1.165) is 23.4 Å². The summed E-state index contributed by atoms with van der Waals surface area (Å²) in [5.74, 6) is -0.223. The highest BCUT2D eigenvalue weighted by Crippen LogP contribution is 2.29. The van der Waals surface area contributed by atoms with Crippen molar-refractivity contribution in [3.63, 3.8) is 0 Å². The smallest absolute Gasteiger partial charge is 0.371 e. The van der Waals surface area contributed by atoms with Gasteiger partial charge < -0.3 is 14.8 Å². The monoisotopic (exact) mass is 273 g/mol. The highest BCUT2D eigenvalue weighted by Gasteiger charge is 2.23. The molecule has 0 bridgehead atoms. The molecular weight excluding hydrogens is 254 g/mol. The molecule has 1 aliphatic carbocycles. The summed E-state index contributed by atoms with van der Waals surface area (Å²) in [5, 5.41) is 13.3. The van der Waals surface area contributed by atoms with Gasteiger partial charge in [0.1, 0.15) is 5.58 Å². The van der Waals surface area contributed by atoms with Crippen LogP contribution in [0.5, 0.6) is 0 Å². The van der Waals surface area contributed by atoms with Crippen LogP contribution in [0.15, 0.2) is 28.7 Å². The summed E-state index contributed by atoms with van der Waals surface area (Å²) in [6.07, 6.45) is 4.02. The summed E-state index contributed by atoms with van der Waals surface area (Å²) in [4.78, 5) is 10.9. The lowest BCUT2D eigenvalue weighted by atomic mass is 9.80. The maximum Gasteiger partial charge on any atom is 0.371 e. The molecule has 0 spiro atoms. The van der Waals surface area contributed by atoms with E-state index in [1.807, 2.05) is 18.2 Å². The van der Waals surface area contributed by atoms with E-state index < -0.39 is 5.97 Å². The lowest BCUT2D eigenvalue weighted by molar-refractivity contribution is 0.0665. The summed E-state index contributed by atoms with van der Waals surface area (Å²) in [6, 6.07) is 7.94. The molecule has 1 saturated carbocycles. The molecule has 2 aromatic rings. The van der Waals surface area contributed by atoms with Crippen molar-refractivity contribution in [2.75, 3.05) is 0 Å². The fourth-order valence-electron chi connectivity index (χ4n) is 2.69. The number of carboxylic acid groups (broad SMARTS) is 1. The molecule has 1 aliphatic rings. The first kappa shape index (κ1) is 13.2. The lowest BCUT2D eigenvalue weighted by Gasteiger charge is -2.32. The topological polar surface area (TPSA) is 62.5 Å². The van der Waals surface area contributed by atoms with E-state index in [0.29, 0.717) is 11.6 Å². The predicted octanol–water partition coefficient (Wildman–Crippen LogP) is 3.41. The second-order valence-corrected chi connectivity index (χ2v) is 5.65. The van der Waals surface area contributed by atoms with Crippen molar-refractivity contribution in [1.29, 1.82) is 0 Å². The van der Waals surface area contributed by atoms with Gasteiger partial charge in [-0.1, -0.05) is 12.5 Å². The number of benzene rings is 1. The first-order valence-corrected chi connectivity index (χ1v) is 7.12. The molecule has 0 aliphatic heterocycles. The van der Waals surface area contributed by atoms with Crippen molar-refractivity contribution >= 4 is 16.9 Å². The Labute approximate surface area is 117 Å². The van der Waals surface area contributed by atoms with Crippen molar-refractivity contribution in [3.8, 4) is 0 Å². The lowest BCUT2D eigenvalue weighted by Crippen LogP contribution is -2.36. The fourth-order valence-corrected chi connectivity index (χ4v) is 2.69. The first-order valence-electron chi connectivity index (χ1n) is 7.12. The van der Waals surface area contributed by atoms with E-state index in [-0.39, 0.29) is 5.76 Å². The number of aromatic carboxylic acids is 1. The van der Waals surface area contributed by atoms with E-state index in [1.165, 1.54) is 19.3 Å². The third kappa shape index (κ3) is 2.56. The molecule has 1 unspecified atom stereocenters. The molecular formula is C16H19NO3. The van der Waals surface area contributed by atoms with Crippen LogP contribution < -0.4 is 5.32 Å². The van der Waals surface area contributed by atoms with Gasteiger partial charge in [-0.3, -0.25) is 0 Å². The van der Waals surface area contributed by atoms with Gasteiger partial charge in [-0.25, -0.2) is 4.79 Å². The maximum absolute atomic E-state index is 10.9. The van der Waals surface area contributed by atoms with Gasteiger partial charge in [0.05, 0.1) is 0 Å². The molecule has 3 rings (SSSR count). The van der Waals surface area contributed by atoms with Crippen LogP contribution in [0.25, 0.3) is 11.0 Å². The number of fused-ring (bicyclic) bond motifs is 1. The standard InChI is InChI=1S/C16H19NO3/c1-10(12-3-2-4-12)17-9-11-5-6-14-13(7-11)8-15(20-14)16(18)19/h5-8,10,12,17H,2-4,9H2,1H3,(H,18,19). The van der Waals surface area contributed by atoms with Crippen molar-refractivity contribution in [2.45, 2.75) is 38.8 Å². The van der Waals surface area contributed by atoms with Crippen molar-refractivity contribution in [2.24, 2.45) is 5.92 Å². The minimum Gasteiger partial charge on any atom is -0.475 e. The number of carbonyl (C=O) groups is 1. The van der Waals surface area contributed by atoms with Gasteiger partial charge in [0.15, 0.2) is 0 Å². The van der Waals surface area contributed by atoms with Crippen LogP contribution in [-0.4, -0.2) is 17.1 Å². The molecule has 4 nitrogen and oxygen atoms in total. The van der Waals surface area contributed by atoms with Crippen LogP contribution in [-0.2, 0) is 6.54 Å². The summed E-state index contributed by atoms with van der Waals surface area (Å²) >= 11 is 0. The summed E-state index contributed by atoms with van der Waals surface area (Å²) in [6.45, 7) is 3.05.